The molecule has 2 rings (SSSR count). The summed E-state index contributed by atoms with van der Waals surface area (Å²) in [6.45, 7) is 5.81. The third-order valence-corrected chi connectivity index (χ3v) is 4.88. The van der Waals surface area contributed by atoms with Crippen LogP contribution in [0, 0.1) is 0 Å². The molecule has 0 saturated carbocycles. The maximum Gasteiger partial charge on any atom is 0.327 e. The summed E-state index contributed by atoms with van der Waals surface area (Å²) < 4.78 is 5.08. The molecule has 0 aromatic heterocycles. The monoisotopic (exact) mass is 417 g/mol. The number of esters is 1. The first-order valence-corrected chi connectivity index (χ1v) is 9.83. The van der Waals surface area contributed by atoms with Gasteiger partial charge in [-0.3, -0.25) is 24.1 Å². The van der Waals surface area contributed by atoms with Gasteiger partial charge in [-0.1, -0.05) is 31.9 Å². The van der Waals surface area contributed by atoms with E-state index in [1.807, 2.05) is 6.92 Å². The molecule has 1 aromatic carbocycles. The molecular weight excluding hydrogens is 390 g/mol. The van der Waals surface area contributed by atoms with Crippen LogP contribution in [0.15, 0.2) is 24.3 Å². The van der Waals surface area contributed by atoms with Gasteiger partial charge in [0.1, 0.15) is 12.1 Å². The number of anilines is 1. The predicted octanol–water partition coefficient (Wildman–Crippen LogP) is 2.26. The lowest BCUT2D eigenvalue weighted by atomic mass is 9.95. The number of ketones is 1. The van der Waals surface area contributed by atoms with Crippen molar-refractivity contribution in [3.05, 3.63) is 29.8 Å². The molecule has 2 atom stereocenters. The Labute approximate surface area is 175 Å². The number of unbranched alkanes of at least 4 members (excludes halogenated alkanes) is 1. The molecular formula is C21H27N3O6. The quantitative estimate of drug-likeness (QED) is 0.361. The van der Waals surface area contributed by atoms with E-state index in [0.717, 1.165) is 17.7 Å². The molecule has 9 nitrogen and oxygen atoms in total. The number of nitrogens with one attached hydrogen (secondary N) is 2. The number of Topliss-reactive ketones (excluding diaryl/α,β-unsaturated/α-hetero) is 1. The molecule has 1 fully saturated rings. The second-order valence-corrected chi connectivity index (χ2v) is 7.52. The van der Waals surface area contributed by atoms with Crippen LogP contribution in [-0.4, -0.2) is 52.7 Å². The highest BCUT2D eigenvalue weighted by Crippen LogP contribution is 2.23. The minimum atomic E-state index is -1.16. The van der Waals surface area contributed by atoms with E-state index in [4.69, 9.17) is 4.74 Å². The maximum absolute atomic E-state index is 12.6. The molecule has 0 radical (unpaired) electrons. The molecule has 0 unspecified atom stereocenters. The van der Waals surface area contributed by atoms with Crippen LogP contribution in [0.2, 0.25) is 0 Å². The van der Waals surface area contributed by atoms with Gasteiger partial charge in [0.25, 0.3) is 11.8 Å². The van der Waals surface area contributed by atoms with Gasteiger partial charge >= 0.3 is 12.0 Å². The van der Waals surface area contributed by atoms with E-state index in [2.05, 4.69) is 10.6 Å². The number of ether oxygens (including phenoxy) is 1. The van der Waals surface area contributed by atoms with E-state index in [1.54, 1.807) is 25.1 Å². The van der Waals surface area contributed by atoms with Gasteiger partial charge in [-0.25, -0.2) is 4.79 Å². The summed E-state index contributed by atoms with van der Waals surface area (Å²) in [7, 11) is 0. The van der Waals surface area contributed by atoms with Crippen molar-refractivity contribution < 1.29 is 28.7 Å². The fraction of sp³-hybridized carbons (Fsp3) is 0.476. The number of hydrogen-bond donors (Lipinski definition) is 2. The van der Waals surface area contributed by atoms with Crippen molar-refractivity contribution >= 4 is 35.3 Å². The second kappa shape index (κ2) is 9.51. The molecule has 0 spiro atoms. The van der Waals surface area contributed by atoms with Crippen LogP contribution < -0.4 is 10.6 Å². The fourth-order valence-corrected chi connectivity index (χ4v) is 3.07. The van der Waals surface area contributed by atoms with Crippen molar-refractivity contribution in [2.75, 3.05) is 11.9 Å². The van der Waals surface area contributed by atoms with Crippen molar-refractivity contribution in [3.63, 3.8) is 0 Å². The number of rotatable bonds is 9. The van der Waals surface area contributed by atoms with Crippen LogP contribution in [0.4, 0.5) is 10.5 Å². The van der Waals surface area contributed by atoms with Crippen molar-refractivity contribution in [2.45, 2.75) is 58.6 Å². The molecule has 9 heteroatoms. The lowest BCUT2D eigenvalue weighted by Crippen LogP contribution is -2.44. The van der Waals surface area contributed by atoms with E-state index < -0.39 is 42.0 Å². The topological polar surface area (TPSA) is 122 Å². The molecule has 2 N–H and O–H groups in total. The minimum Gasteiger partial charge on any atom is -0.451 e. The lowest BCUT2D eigenvalue weighted by molar-refractivity contribution is -0.155. The van der Waals surface area contributed by atoms with Gasteiger partial charge in [0.2, 0.25) is 0 Å². The standard InChI is InChI=1S/C21H27N3O6/c1-5-6-10-21(4)19(28)24(20(29)23-21)12-17(26)30-14(3)18(27)22-16-9-7-8-15(11-16)13(2)25/h7-9,11,14H,5-6,10,12H2,1-4H3,(H,22,27)(H,23,29)/t14-,21+/m1/s1. The number of amides is 4. The second-order valence-electron chi connectivity index (χ2n) is 7.52. The smallest absolute Gasteiger partial charge is 0.327 e. The van der Waals surface area contributed by atoms with Crippen LogP contribution >= 0.6 is 0 Å². The van der Waals surface area contributed by atoms with Gasteiger partial charge in [0, 0.05) is 11.3 Å². The summed E-state index contributed by atoms with van der Waals surface area (Å²) in [5.74, 6) is -2.12. The van der Waals surface area contributed by atoms with E-state index in [-0.39, 0.29) is 5.78 Å². The highest BCUT2D eigenvalue weighted by Gasteiger charge is 2.48. The number of imide groups is 1. The molecule has 162 valence electrons. The first-order valence-electron chi connectivity index (χ1n) is 9.83. The summed E-state index contributed by atoms with van der Waals surface area (Å²) in [6.07, 6.45) is 0.925. The van der Waals surface area contributed by atoms with Crippen LogP contribution in [0.3, 0.4) is 0 Å². The third kappa shape index (κ3) is 5.43. The Kier molecular flexibility index (Phi) is 7.31. The van der Waals surface area contributed by atoms with Gasteiger partial charge in [-0.15, -0.1) is 0 Å². The van der Waals surface area contributed by atoms with E-state index in [9.17, 15) is 24.0 Å². The van der Waals surface area contributed by atoms with E-state index in [0.29, 0.717) is 17.7 Å². The number of urea groups is 1. The summed E-state index contributed by atoms with van der Waals surface area (Å²) in [5, 5.41) is 5.18. The Balaban J connectivity index is 1.93. The average molecular weight is 417 g/mol. The Morgan fingerprint density at radius 3 is 2.60 bits per heavy atom. The molecule has 1 heterocycles. The highest BCUT2D eigenvalue weighted by atomic mass is 16.5. The van der Waals surface area contributed by atoms with Crippen LogP contribution in [-0.2, 0) is 19.1 Å². The molecule has 30 heavy (non-hydrogen) atoms. The van der Waals surface area contributed by atoms with Gasteiger partial charge < -0.3 is 15.4 Å². The summed E-state index contributed by atoms with van der Waals surface area (Å²) in [6, 6.07) is 5.69. The zero-order chi connectivity index (χ0) is 22.5. The van der Waals surface area contributed by atoms with Crippen molar-refractivity contribution in [1.29, 1.82) is 0 Å². The number of nitrogens with zero attached hydrogens (tertiary/aromatic N) is 1. The fourth-order valence-electron chi connectivity index (χ4n) is 3.07. The normalized spacial score (nSPS) is 19.3. The highest BCUT2D eigenvalue weighted by molar-refractivity contribution is 6.08. The number of carbonyl (C=O) groups excluding carboxylic acids is 5. The molecule has 4 amide bonds. The molecule has 1 aliphatic rings. The van der Waals surface area contributed by atoms with Crippen molar-refractivity contribution in [1.82, 2.24) is 10.2 Å². The minimum absolute atomic E-state index is 0.148. The summed E-state index contributed by atoms with van der Waals surface area (Å²) in [4.78, 5) is 61.4. The molecule has 1 aliphatic heterocycles. The SMILES string of the molecule is CCCC[C@]1(C)NC(=O)N(CC(=O)O[C@H](C)C(=O)Nc2cccc(C(C)=O)c2)C1=O. The lowest BCUT2D eigenvalue weighted by Gasteiger charge is -2.21. The maximum atomic E-state index is 12.6. The predicted molar refractivity (Wildman–Crippen MR) is 109 cm³/mol. The largest absolute Gasteiger partial charge is 0.451 e. The first kappa shape index (κ1) is 23.1. The van der Waals surface area contributed by atoms with Crippen molar-refractivity contribution in [3.8, 4) is 0 Å². The molecule has 1 saturated heterocycles. The Morgan fingerprint density at radius 2 is 1.97 bits per heavy atom. The number of hydrogen-bond acceptors (Lipinski definition) is 6. The van der Waals surface area contributed by atoms with Gasteiger partial charge in [0.15, 0.2) is 11.9 Å². The Morgan fingerprint density at radius 1 is 1.27 bits per heavy atom. The van der Waals surface area contributed by atoms with Gasteiger partial charge in [-0.2, -0.15) is 0 Å². The van der Waals surface area contributed by atoms with Crippen LogP contribution in [0.5, 0.6) is 0 Å². The third-order valence-electron chi connectivity index (χ3n) is 4.88. The van der Waals surface area contributed by atoms with Crippen molar-refractivity contribution in [2.24, 2.45) is 0 Å². The molecule has 0 bridgehead atoms. The molecule has 1 aromatic rings. The number of carbonyl (C=O) groups is 5. The Bertz CT molecular complexity index is 868. The van der Waals surface area contributed by atoms with Crippen LogP contribution in [0.1, 0.15) is 57.3 Å². The van der Waals surface area contributed by atoms with E-state index in [1.165, 1.54) is 19.9 Å². The van der Waals surface area contributed by atoms with Crippen LogP contribution in [0.25, 0.3) is 0 Å². The van der Waals surface area contributed by atoms with Gasteiger partial charge in [-0.05, 0) is 39.3 Å². The summed E-state index contributed by atoms with van der Waals surface area (Å²) >= 11 is 0. The van der Waals surface area contributed by atoms with E-state index >= 15 is 0 Å². The molecule has 0 aliphatic carbocycles. The zero-order valence-electron chi connectivity index (χ0n) is 17.6. The van der Waals surface area contributed by atoms with Gasteiger partial charge in [0.05, 0.1) is 0 Å². The summed E-state index contributed by atoms with van der Waals surface area (Å²) in [5.41, 5.74) is -0.225. The zero-order valence-corrected chi connectivity index (χ0v) is 17.6. The Hall–Kier alpha value is -3.23. The number of benzene rings is 1. The first-order chi connectivity index (χ1) is 14.1. The average Bonchev–Trinajstić information content (AvgIpc) is 2.89.